The first-order chi connectivity index (χ1) is 6.33. The molecule has 0 spiro atoms. The topological polar surface area (TPSA) is 12.4 Å². The van der Waals surface area contributed by atoms with Gasteiger partial charge in [-0.05, 0) is 25.2 Å². The predicted molar refractivity (Wildman–Crippen MR) is 59.0 cm³/mol. The van der Waals surface area contributed by atoms with Crippen molar-refractivity contribution in [1.29, 1.82) is 0 Å². The van der Waals surface area contributed by atoms with Crippen molar-refractivity contribution in [2.45, 2.75) is 39.5 Å². The molecule has 1 heteroatoms. The standard InChI is InChI=1S/C12H19N/c1-3-4-10-13-12-7-5-6-11(2)8-9-12/h4-6,10-11H,3,7-9H2,1-2H3/b10-4-,13-12+/t11-/m0/s1. The maximum atomic E-state index is 4.45. The normalized spacial score (nSPS) is 26.9. The number of hydrogen-bond donors (Lipinski definition) is 0. The molecule has 0 aromatic rings. The summed E-state index contributed by atoms with van der Waals surface area (Å²) in [6, 6.07) is 0. The Kier molecular flexibility index (Phi) is 4.52. The highest BCUT2D eigenvalue weighted by Crippen LogP contribution is 2.14. The summed E-state index contributed by atoms with van der Waals surface area (Å²) in [7, 11) is 0. The number of aliphatic imine (C=N–C) groups is 1. The van der Waals surface area contributed by atoms with E-state index in [1.54, 1.807) is 0 Å². The fourth-order valence-corrected chi connectivity index (χ4v) is 1.41. The van der Waals surface area contributed by atoms with Crippen molar-refractivity contribution in [2.75, 3.05) is 0 Å². The molecule has 0 heterocycles. The average molecular weight is 177 g/mol. The van der Waals surface area contributed by atoms with Crippen LogP contribution in [0.3, 0.4) is 0 Å². The highest BCUT2D eigenvalue weighted by molar-refractivity contribution is 5.86. The second-order valence-corrected chi connectivity index (χ2v) is 3.64. The number of nitrogens with zero attached hydrogens (tertiary/aromatic N) is 1. The lowest BCUT2D eigenvalue weighted by Gasteiger charge is -2.01. The maximum absolute atomic E-state index is 4.45. The van der Waals surface area contributed by atoms with E-state index >= 15 is 0 Å². The largest absolute Gasteiger partial charge is 0.266 e. The number of allylic oxidation sites excluding steroid dienone is 3. The first-order valence-electron chi connectivity index (χ1n) is 5.20. The molecule has 0 aromatic carbocycles. The van der Waals surface area contributed by atoms with E-state index < -0.39 is 0 Å². The van der Waals surface area contributed by atoms with Crippen LogP contribution in [0.15, 0.2) is 29.4 Å². The van der Waals surface area contributed by atoms with Crippen LogP contribution >= 0.6 is 0 Å². The van der Waals surface area contributed by atoms with Gasteiger partial charge in [0.15, 0.2) is 0 Å². The summed E-state index contributed by atoms with van der Waals surface area (Å²) in [4.78, 5) is 4.45. The third kappa shape index (κ3) is 4.07. The van der Waals surface area contributed by atoms with Gasteiger partial charge in [0.25, 0.3) is 0 Å². The monoisotopic (exact) mass is 177 g/mol. The molecule has 0 aromatic heterocycles. The summed E-state index contributed by atoms with van der Waals surface area (Å²) < 4.78 is 0. The molecule has 0 unspecified atom stereocenters. The molecule has 1 aliphatic rings. The maximum Gasteiger partial charge on any atom is 0.0227 e. The van der Waals surface area contributed by atoms with Crippen LogP contribution in [0.2, 0.25) is 0 Å². The van der Waals surface area contributed by atoms with Crippen molar-refractivity contribution < 1.29 is 0 Å². The van der Waals surface area contributed by atoms with Crippen LogP contribution in [-0.4, -0.2) is 5.71 Å². The zero-order chi connectivity index (χ0) is 9.52. The van der Waals surface area contributed by atoms with Gasteiger partial charge in [-0.2, -0.15) is 0 Å². The second kappa shape index (κ2) is 5.74. The van der Waals surface area contributed by atoms with Crippen molar-refractivity contribution in [2.24, 2.45) is 10.9 Å². The molecule has 0 N–H and O–H groups in total. The summed E-state index contributed by atoms with van der Waals surface area (Å²) in [5.74, 6) is 0.725. The van der Waals surface area contributed by atoms with E-state index in [0.29, 0.717) is 0 Å². The summed E-state index contributed by atoms with van der Waals surface area (Å²) >= 11 is 0. The van der Waals surface area contributed by atoms with Crippen molar-refractivity contribution in [3.63, 3.8) is 0 Å². The predicted octanol–water partition coefficient (Wildman–Crippen LogP) is 3.73. The molecule has 1 nitrogen and oxygen atoms in total. The van der Waals surface area contributed by atoms with E-state index in [1.807, 2.05) is 6.20 Å². The highest BCUT2D eigenvalue weighted by Gasteiger charge is 2.05. The Labute approximate surface area is 81.3 Å². The molecule has 0 saturated carbocycles. The summed E-state index contributed by atoms with van der Waals surface area (Å²) in [6.45, 7) is 4.40. The minimum absolute atomic E-state index is 0.725. The third-order valence-corrected chi connectivity index (χ3v) is 2.30. The van der Waals surface area contributed by atoms with Crippen LogP contribution in [0.4, 0.5) is 0 Å². The quantitative estimate of drug-likeness (QED) is 0.570. The van der Waals surface area contributed by atoms with Gasteiger partial charge in [0.1, 0.15) is 0 Å². The first-order valence-corrected chi connectivity index (χ1v) is 5.20. The lowest BCUT2D eigenvalue weighted by atomic mass is 10.1. The molecular formula is C12H19N. The zero-order valence-electron chi connectivity index (χ0n) is 8.66. The van der Waals surface area contributed by atoms with E-state index in [1.165, 1.54) is 12.1 Å². The molecule has 1 rings (SSSR count). The smallest absolute Gasteiger partial charge is 0.0227 e. The van der Waals surface area contributed by atoms with Gasteiger partial charge >= 0.3 is 0 Å². The van der Waals surface area contributed by atoms with Gasteiger partial charge < -0.3 is 0 Å². The van der Waals surface area contributed by atoms with Crippen molar-refractivity contribution >= 4 is 5.71 Å². The fraction of sp³-hybridized carbons (Fsp3) is 0.583. The van der Waals surface area contributed by atoms with Crippen LogP contribution in [0.25, 0.3) is 0 Å². The van der Waals surface area contributed by atoms with Crippen LogP contribution in [0.5, 0.6) is 0 Å². The lowest BCUT2D eigenvalue weighted by molar-refractivity contribution is 0.674. The molecule has 0 fully saturated rings. The van der Waals surface area contributed by atoms with Gasteiger partial charge in [-0.1, -0.05) is 32.1 Å². The van der Waals surface area contributed by atoms with Gasteiger partial charge in [0, 0.05) is 18.3 Å². The minimum atomic E-state index is 0.725. The van der Waals surface area contributed by atoms with Crippen LogP contribution in [-0.2, 0) is 0 Å². The number of rotatable bonds is 2. The van der Waals surface area contributed by atoms with E-state index in [2.05, 4.69) is 37.1 Å². The molecule has 0 aliphatic heterocycles. The zero-order valence-corrected chi connectivity index (χ0v) is 8.66. The number of hydrogen-bond acceptors (Lipinski definition) is 1. The van der Waals surface area contributed by atoms with Gasteiger partial charge in [0.05, 0.1) is 0 Å². The van der Waals surface area contributed by atoms with E-state index in [4.69, 9.17) is 0 Å². The van der Waals surface area contributed by atoms with Crippen molar-refractivity contribution in [1.82, 2.24) is 0 Å². The molecular weight excluding hydrogens is 158 g/mol. The molecule has 0 saturated heterocycles. The summed E-state index contributed by atoms with van der Waals surface area (Å²) in [5, 5.41) is 0. The Morgan fingerprint density at radius 3 is 3.23 bits per heavy atom. The summed E-state index contributed by atoms with van der Waals surface area (Å²) in [6.07, 6.45) is 13.1. The van der Waals surface area contributed by atoms with E-state index in [9.17, 15) is 0 Å². The van der Waals surface area contributed by atoms with Gasteiger partial charge in [-0.25, -0.2) is 0 Å². The van der Waals surface area contributed by atoms with Crippen LogP contribution < -0.4 is 0 Å². The van der Waals surface area contributed by atoms with Crippen molar-refractivity contribution in [3.05, 3.63) is 24.4 Å². The van der Waals surface area contributed by atoms with Crippen molar-refractivity contribution in [3.8, 4) is 0 Å². The van der Waals surface area contributed by atoms with Crippen LogP contribution in [0, 0.1) is 5.92 Å². The Hall–Kier alpha value is -0.850. The van der Waals surface area contributed by atoms with E-state index in [0.717, 1.165) is 25.2 Å². The molecule has 13 heavy (non-hydrogen) atoms. The molecule has 0 bridgehead atoms. The third-order valence-electron chi connectivity index (χ3n) is 2.30. The molecule has 0 radical (unpaired) electrons. The minimum Gasteiger partial charge on any atom is -0.266 e. The Morgan fingerprint density at radius 1 is 1.62 bits per heavy atom. The SMILES string of the molecule is CC/C=C\N=C1/CC=C[C@H](C)CC1. The Balaban J connectivity index is 2.48. The molecule has 0 amide bonds. The van der Waals surface area contributed by atoms with Gasteiger partial charge in [-0.15, -0.1) is 0 Å². The highest BCUT2D eigenvalue weighted by atomic mass is 14.7. The van der Waals surface area contributed by atoms with Crippen LogP contribution in [0.1, 0.15) is 39.5 Å². The summed E-state index contributed by atoms with van der Waals surface area (Å²) in [5.41, 5.74) is 1.32. The Bertz CT molecular complexity index is 223. The molecule has 1 atom stereocenters. The lowest BCUT2D eigenvalue weighted by Crippen LogP contribution is -1.95. The first kappa shape index (κ1) is 10.2. The van der Waals surface area contributed by atoms with Gasteiger partial charge in [0.2, 0.25) is 0 Å². The van der Waals surface area contributed by atoms with Gasteiger partial charge in [-0.3, -0.25) is 4.99 Å². The molecule has 72 valence electrons. The van der Waals surface area contributed by atoms with E-state index in [-0.39, 0.29) is 0 Å². The Morgan fingerprint density at radius 2 is 2.46 bits per heavy atom. The second-order valence-electron chi connectivity index (χ2n) is 3.64. The average Bonchev–Trinajstić information content (AvgIpc) is 2.32. The molecule has 1 aliphatic carbocycles. The fourth-order valence-electron chi connectivity index (χ4n) is 1.41.